The van der Waals surface area contributed by atoms with E-state index in [2.05, 4.69) is 28.7 Å². The molecule has 2 aliphatic heterocycles. The van der Waals surface area contributed by atoms with E-state index in [1.807, 2.05) is 19.9 Å². The van der Waals surface area contributed by atoms with Crippen LogP contribution in [0.5, 0.6) is 11.5 Å². The summed E-state index contributed by atoms with van der Waals surface area (Å²) in [6.45, 7) is 8.29. The summed E-state index contributed by atoms with van der Waals surface area (Å²) >= 11 is 0. The topological polar surface area (TPSA) is 192 Å². The molecule has 8 atom stereocenters. The van der Waals surface area contributed by atoms with Gasteiger partial charge < -0.3 is 39.3 Å². The minimum atomic E-state index is -0.970. The lowest BCUT2D eigenvalue weighted by Gasteiger charge is -2.75. The van der Waals surface area contributed by atoms with Crippen LogP contribution in [0.4, 0.5) is 4.79 Å². The number of likely N-dealkylation sites (tertiary alicyclic amines) is 1. The van der Waals surface area contributed by atoms with Crippen LogP contribution in [0.15, 0.2) is 12.1 Å². The highest BCUT2D eigenvalue weighted by Crippen LogP contribution is 2.78. The monoisotopic (exact) mass is 739 g/mol. The molecule has 5 fully saturated rings. The highest BCUT2D eigenvalue weighted by molar-refractivity contribution is 5.86. The number of nitrogens with two attached hydrogens (primary N) is 2. The summed E-state index contributed by atoms with van der Waals surface area (Å²) in [6.07, 6.45) is 7.33. The molecule has 8 rings (SSSR count). The van der Waals surface area contributed by atoms with E-state index < -0.39 is 23.3 Å². The predicted octanol–water partition coefficient (Wildman–Crippen LogP) is 0.0123. The Morgan fingerprint density at radius 3 is 2.62 bits per heavy atom. The quantitative estimate of drug-likeness (QED) is 0.0661. The normalized spacial score (nSPS) is 33.6. The van der Waals surface area contributed by atoms with E-state index in [0.717, 1.165) is 49.0 Å². The van der Waals surface area contributed by atoms with Crippen molar-refractivity contribution in [3.63, 3.8) is 0 Å². The number of fused-ring (bicyclic) bond motifs is 2. The zero-order chi connectivity index (χ0) is 38.1. The summed E-state index contributed by atoms with van der Waals surface area (Å²) in [4.78, 5) is 42.6. The van der Waals surface area contributed by atoms with Gasteiger partial charge in [-0.25, -0.2) is 4.79 Å². The Labute approximate surface area is 312 Å². The first kappa shape index (κ1) is 37.7. The van der Waals surface area contributed by atoms with Crippen LogP contribution in [0.25, 0.3) is 0 Å². The maximum atomic E-state index is 13.6. The number of hydrogen-bond donors (Lipinski definition) is 6. The summed E-state index contributed by atoms with van der Waals surface area (Å²) in [5.41, 5.74) is 11.3. The van der Waals surface area contributed by atoms with Crippen LogP contribution >= 0.6 is 0 Å². The molecule has 2 heterocycles. The number of ether oxygens (including phenoxy) is 3. The average Bonchev–Trinajstić information content (AvgIpc) is 3.83. The molecule has 53 heavy (non-hydrogen) atoms. The molecule has 8 N–H and O–H groups in total. The van der Waals surface area contributed by atoms with Crippen molar-refractivity contribution in [2.45, 2.75) is 113 Å². The number of quaternary nitrogens is 1. The van der Waals surface area contributed by atoms with Crippen LogP contribution in [0, 0.1) is 17.3 Å². The van der Waals surface area contributed by atoms with E-state index in [1.165, 1.54) is 42.3 Å². The van der Waals surface area contributed by atoms with Gasteiger partial charge in [0, 0.05) is 69.8 Å². The Hall–Kier alpha value is -3.62. The molecule has 1 unspecified atom stereocenters. The molecule has 1 aromatic carbocycles. The fourth-order valence-corrected chi connectivity index (χ4v) is 11.8. The fraction of sp³-hybridized carbons (Fsp3) is 0.744. The Morgan fingerprint density at radius 2 is 1.96 bits per heavy atom. The molecule has 292 valence electrons. The number of carbonyl (C=O) groups is 3. The molecule has 14 nitrogen and oxygen atoms in total. The lowest BCUT2D eigenvalue weighted by molar-refractivity contribution is -0.952. The van der Waals surface area contributed by atoms with Gasteiger partial charge in [-0.1, -0.05) is 6.07 Å². The number of amides is 3. The lowest BCUT2D eigenvalue weighted by atomic mass is 9.33. The predicted molar refractivity (Wildman–Crippen MR) is 197 cm³/mol. The smallest absolute Gasteiger partial charge is 0.415 e. The van der Waals surface area contributed by atoms with Crippen LogP contribution in [0.3, 0.4) is 0 Å². The van der Waals surface area contributed by atoms with Crippen LogP contribution < -0.4 is 36.6 Å². The Morgan fingerprint density at radius 1 is 1.21 bits per heavy atom. The van der Waals surface area contributed by atoms with Gasteiger partial charge >= 0.3 is 12.1 Å². The van der Waals surface area contributed by atoms with Crippen molar-refractivity contribution >= 4 is 23.9 Å². The summed E-state index contributed by atoms with van der Waals surface area (Å²) < 4.78 is 21.0. The number of rotatable bonds is 14. The van der Waals surface area contributed by atoms with Gasteiger partial charge in [0.2, 0.25) is 11.8 Å². The molecule has 3 amide bonds. The van der Waals surface area contributed by atoms with E-state index in [4.69, 9.17) is 25.7 Å². The zero-order valence-corrected chi connectivity index (χ0v) is 32.4. The fourth-order valence-electron chi connectivity index (χ4n) is 11.8. The minimum absolute atomic E-state index is 0.0811. The third-order valence-electron chi connectivity index (χ3n) is 14.2. The molecule has 5 aliphatic carbocycles. The SMILES string of the molecule is CO[C@]12CC[C@@]3(C[C@@H]1C(C)(C)O)[C@@H]1Cc4ccc(OC(=O)N(C)CCNC(=O)[C@H](CCC[NH+]=C(N)N)NC(C)=O)c5c4[C@@]3(CC[N+]1(C)CC1CC1)[C@H]2O5. The minimum Gasteiger partial charge on any atom is -0.482 e. The molecule has 2 spiro atoms. The van der Waals surface area contributed by atoms with E-state index in [0.29, 0.717) is 36.9 Å². The summed E-state index contributed by atoms with van der Waals surface area (Å²) in [5, 5.41) is 17.3. The van der Waals surface area contributed by atoms with Crippen molar-refractivity contribution < 1.29 is 43.2 Å². The van der Waals surface area contributed by atoms with Gasteiger partial charge in [-0.05, 0) is 70.4 Å². The van der Waals surface area contributed by atoms with E-state index >= 15 is 0 Å². The molecule has 0 aromatic heterocycles. The third-order valence-corrected chi connectivity index (χ3v) is 14.2. The van der Waals surface area contributed by atoms with E-state index in [1.54, 1.807) is 14.2 Å². The molecule has 1 saturated heterocycles. The second-order valence-electron chi connectivity index (χ2n) is 17.8. The van der Waals surface area contributed by atoms with Gasteiger partial charge in [-0.2, -0.15) is 0 Å². The van der Waals surface area contributed by atoms with Crippen LogP contribution in [-0.2, 0) is 26.2 Å². The van der Waals surface area contributed by atoms with Crippen LogP contribution in [0.1, 0.15) is 83.3 Å². The van der Waals surface area contributed by atoms with Gasteiger partial charge in [-0.3, -0.25) is 26.0 Å². The Kier molecular flexibility index (Phi) is 9.45. The third kappa shape index (κ3) is 6.03. The highest BCUT2D eigenvalue weighted by atomic mass is 16.6. The maximum Gasteiger partial charge on any atom is 0.415 e. The highest BCUT2D eigenvalue weighted by Gasteiger charge is 2.84. The molecule has 7 aliphatic rings. The van der Waals surface area contributed by atoms with Crippen molar-refractivity contribution in [2.75, 3.05) is 53.9 Å². The largest absolute Gasteiger partial charge is 0.482 e. The van der Waals surface area contributed by atoms with Gasteiger partial charge in [0.25, 0.3) is 0 Å². The molecule has 4 bridgehead atoms. The number of piperidine rings is 1. The average molecular weight is 740 g/mol. The number of likely N-dealkylation sites (N-methyl/N-ethyl adjacent to an activating group) is 2. The summed E-state index contributed by atoms with van der Waals surface area (Å²) in [7, 11) is 5.89. The molecule has 1 aromatic rings. The first-order chi connectivity index (χ1) is 25.0. The second-order valence-corrected chi connectivity index (χ2v) is 17.8. The number of carbonyl (C=O) groups excluding carboxylic acids is 3. The standard InChI is InChI=1S/C39H59N7O7/c1-23(47)44-26(8-7-16-43-34(40)41)32(48)42-17-18-45(4)35(49)52-27-12-11-25-20-29-37-13-14-39(51-6,28(21-37)36(2,3)50)33-38(37,30(25)31(27)53-33)15-19-46(29,5)22-24-9-10-24/h11-12,24,26,28-29,33,50H,7-10,13-22H2,1-6H3,(H5-,40,41,42,43,44,47,48)/p+2/t26-,28+,29-,33+,37+,38-,39+,46?/m0/s1. The zero-order valence-electron chi connectivity index (χ0n) is 32.4. The van der Waals surface area contributed by atoms with E-state index in [9.17, 15) is 19.5 Å². The summed E-state index contributed by atoms with van der Waals surface area (Å²) in [5.74, 6) is 1.15. The van der Waals surface area contributed by atoms with Crippen molar-refractivity contribution in [2.24, 2.45) is 28.7 Å². The van der Waals surface area contributed by atoms with Crippen LogP contribution in [-0.4, -0.2) is 122 Å². The number of aliphatic hydroxyl groups is 1. The van der Waals surface area contributed by atoms with Gasteiger partial charge in [0.1, 0.15) is 17.7 Å². The van der Waals surface area contributed by atoms with Gasteiger partial charge in [0.15, 0.2) is 11.5 Å². The Bertz CT molecular complexity index is 1670. The summed E-state index contributed by atoms with van der Waals surface area (Å²) in [6, 6.07) is 3.70. The number of nitrogens with zero attached hydrogens (tertiary/aromatic N) is 2. The second kappa shape index (κ2) is 13.3. The number of methoxy groups -OCH3 is 1. The number of hydrogen-bond acceptors (Lipinski definition) is 7. The Balaban J connectivity index is 1.11. The molecule has 4 saturated carbocycles. The first-order valence-corrected chi connectivity index (χ1v) is 19.6. The van der Waals surface area contributed by atoms with E-state index in [-0.39, 0.29) is 53.7 Å². The van der Waals surface area contributed by atoms with Crippen molar-refractivity contribution in [3.8, 4) is 11.5 Å². The number of benzene rings is 1. The maximum absolute atomic E-state index is 13.6. The van der Waals surface area contributed by atoms with Crippen molar-refractivity contribution in [1.29, 1.82) is 0 Å². The van der Waals surface area contributed by atoms with Gasteiger partial charge in [-0.15, -0.1) is 0 Å². The first-order valence-electron chi connectivity index (χ1n) is 19.6. The van der Waals surface area contributed by atoms with Crippen molar-refractivity contribution in [3.05, 3.63) is 23.3 Å². The number of guanidine groups is 1. The molecule has 14 heteroatoms. The molecule has 0 radical (unpaired) electrons. The van der Waals surface area contributed by atoms with Crippen LogP contribution in [0.2, 0.25) is 0 Å². The number of nitrogens with one attached hydrogen (secondary N) is 3. The molecular weight excluding hydrogens is 678 g/mol. The van der Waals surface area contributed by atoms with Crippen molar-refractivity contribution in [1.82, 2.24) is 15.5 Å². The van der Waals surface area contributed by atoms with Gasteiger partial charge in [0.05, 0.1) is 43.7 Å². The lowest BCUT2D eigenvalue weighted by Crippen LogP contribution is -2.84. The molecular formula is C39H61N7O7+2.